The summed E-state index contributed by atoms with van der Waals surface area (Å²) in [5, 5.41) is 0.359. The van der Waals surface area contributed by atoms with Crippen LogP contribution in [0.1, 0.15) is 75.7 Å². The maximum absolute atomic E-state index is 12.0. The van der Waals surface area contributed by atoms with E-state index in [0.717, 1.165) is 12.8 Å². The van der Waals surface area contributed by atoms with E-state index >= 15 is 0 Å². The van der Waals surface area contributed by atoms with Gasteiger partial charge in [-0.15, -0.1) is 11.8 Å². The van der Waals surface area contributed by atoms with E-state index < -0.39 is 10.3 Å². The lowest BCUT2D eigenvalue weighted by Crippen LogP contribution is -2.43. The average Bonchev–Trinajstić information content (AvgIpc) is 2.48. The minimum Gasteiger partial charge on any atom is -0.465 e. The summed E-state index contributed by atoms with van der Waals surface area (Å²) in [6, 6.07) is 0. The molecule has 5 nitrogen and oxygen atoms in total. The minimum atomic E-state index is -0.547. The fraction of sp³-hybridized carbons (Fsp3) is 0.895. The molecule has 0 aromatic rings. The number of thioether (sulfide) groups is 1. The van der Waals surface area contributed by atoms with Crippen molar-refractivity contribution in [3.8, 4) is 0 Å². The lowest BCUT2D eigenvalue weighted by molar-refractivity contribution is -0.145. The Balaban J connectivity index is 0. The van der Waals surface area contributed by atoms with Crippen LogP contribution in [-0.4, -0.2) is 52.3 Å². The first kappa shape index (κ1) is 26.3. The largest absolute Gasteiger partial charge is 0.465 e. The molecule has 1 aliphatic rings. The number of carbonyl (C=O) groups excluding carboxylic acids is 2. The standard InChI is InChI=1S/C16H29NO4S.C2H6.CH4/c1-7-20-13(18)16(5,6)22-12-8-10-17(11-9-12)14(19)21-15(2,3)4;1-2;/h12H,7-11H2,1-6H3;1-2H3;1H4. The van der Waals surface area contributed by atoms with Crippen molar-refractivity contribution in [1.82, 2.24) is 4.90 Å². The van der Waals surface area contributed by atoms with Gasteiger partial charge in [0.05, 0.1) is 6.61 Å². The van der Waals surface area contributed by atoms with Crippen LogP contribution in [0.2, 0.25) is 0 Å². The number of nitrogens with zero attached hydrogens (tertiary/aromatic N) is 1. The summed E-state index contributed by atoms with van der Waals surface area (Å²) in [5.41, 5.74) is -0.464. The van der Waals surface area contributed by atoms with Gasteiger partial charge >= 0.3 is 12.1 Å². The van der Waals surface area contributed by atoms with Crippen molar-refractivity contribution in [2.75, 3.05) is 19.7 Å². The SMILES string of the molecule is C.CC.CCOC(=O)C(C)(C)SC1CCN(C(=O)OC(C)(C)C)CC1. The fourth-order valence-corrected chi connectivity index (χ4v) is 3.69. The van der Waals surface area contributed by atoms with Crippen molar-refractivity contribution >= 4 is 23.8 Å². The highest BCUT2D eigenvalue weighted by molar-refractivity contribution is 8.01. The molecule has 1 heterocycles. The molecule has 1 fully saturated rings. The normalized spacial score (nSPS) is 15.4. The van der Waals surface area contributed by atoms with Crippen LogP contribution in [0.25, 0.3) is 0 Å². The van der Waals surface area contributed by atoms with Gasteiger partial charge in [-0.2, -0.15) is 0 Å². The van der Waals surface area contributed by atoms with Gasteiger partial charge in [0.25, 0.3) is 0 Å². The second-order valence-electron chi connectivity index (χ2n) is 7.02. The summed E-state index contributed by atoms with van der Waals surface area (Å²) in [4.78, 5) is 25.7. The number of hydrogen-bond acceptors (Lipinski definition) is 5. The number of rotatable bonds is 4. The molecular formula is C19H39NO4S. The highest BCUT2D eigenvalue weighted by atomic mass is 32.2. The second-order valence-corrected chi connectivity index (χ2v) is 8.94. The van der Waals surface area contributed by atoms with Gasteiger partial charge in [0.15, 0.2) is 0 Å². The molecule has 25 heavy (non-hydrogen) atoms. The number of esters is 1. The highest BCUT2D eigenvalue weighted by Crippen LogP contribution is 2.35. The molecule has 0 aliphatic carbocycles. The van der Waals surface area contributed by atoms with E-state index in [-0.39, 0.29) is 19.5 Å². The van der Waals surface area contributed by atoms with Crippen molar-refractivity contribution < 1.29 is 19.1 Å². The number of hydrogen-bond donors (Lipinski definition) is 0. The molecule has 0 bridgehead atoms. The number of likely N-dealkylation sites (tertiary alicyclic amines) is 1. The first-order valence-electron chi connectivity index (χ1n) is 8.88. The van der Waals surface area contributed by atoms with E-state index in [2.05, 4.69) is 0 Å². The number of ether oxygens (including phenoxy) is 2. The van der Waals surface area contributed by atoms with Crippen LogP contribution in [0.15, 0.2) is 0 Å². The van der Waals surface area contributed by atoms with Crippen LogP contribution < -0.4 is 0 Å². The van der Waals surface area contributed by atoms with Crippen LogP contribution in [0.5, 0.6) is 0 Å². The van der Waals surface area contributed by atoms with Crippen LogP contribution >= 0.6 is 11.8 Å². The van der Waals surface area contributed by atoms with Gasteiger partial charge < -0.3 is 14.4 Å². The molecule has 0 saturated carbocycles. The maximum Gasteiger partial charge on any atom is 0.410 e. The molecule has 1 aliphatic heterocycles. The summed E-state index contributed by atoms with van der Waals surface area (Å²) < 4.78 is 9.96. The molecule has 0 aromatic heterocycles. The molecule has 6 heteroatoms. The van der Waals surface area contributed by atoms with E-state index in [4.69, 9.17) is 9.47 Å². The van der Waals surface area contributed by atoms with Crippen LogP contribution in [0, 0.1) is 0 Å². The Kier molecular flexibility index (Phi) is 12.3. The molecular weight excluding hydrogens is 338 g/mol. The summed E-state index contributed by atoms with van der Waals surface area (Å²) in [5.74, 6) is -0.172. The van der Waals surface area contributed by atoms with Gasteiger partial charge in [-0.3, -0.25) is 4.79 Å². The van der Waals surface area contributed by atoms with Crippen molar-refractivity contribution in [2.45, 2.75) is 91.3 Å². The van der Waals surface area contributed by atoms with Gasteiger partial charge in [-0.05, 0) is 54.4 Å². The molecule has 1 saturated heterocycles. The monoisotopic (exact) mass is 377 g/mol. The van der Waals surface area contributed by atoms with Crippen molar-refractivity contribution in [3.05, 3.63) is 0 Å². The molecule has 0 atom stereocenters. The van der Waals surface area contributed by atoms with E-state index in [1.54, 1.807) is 16.7 Å². The number of amides is 1. The van der Waals surface area contributed by atoms with Gasteiger partial charge in [0, 0.05) is 18.3 Å². The predicted octanol–water partition coefficient (Wildman–Crippen LogP) is 5.12. The summed E-state index contributed by atoms with van der Waals surface area (Å²) in [6.45, 7) is 17.0. The van der Waals surface area contributed by atoms with Gasteiger partial charge in [-0.1, -0.05) is 21.3 Å². The smallest absolute Gasteiger partial charge is 0.410 e. The summed E-state index contributed by atoms with van der Waals surface area (Å²) >= 11 is 1.64. The average molecular weight is 378 g/mol. The van der Waals surface area contributed by atoms with E-state index in [1.807, 2.05) is 55.4 Å². The Bertz CT molecular complexity index is 397. The van der Waals surface area contributed by atoms with Gasteiger partial charge in [0.1, 0.15) is 10.3 Å². The fourth-order valence-electron chi connectivity index (χ4n) is 2.25. The van der Waals surface area contributed by atoms with Crippen LogP contribution in [0.4, 0.5) is 4.79 Å². The summed E-state index contributed by atoms with van der Waals surface area (Å²) in [6.07, 6.45) is 1.49. The van der Waals surface area contributed by atoms with Crippen molar-refractivity contribution in [1.29, 1.82) is 0 Å². The molecule has 0 N–H and O–H groups in total. The van der Waals surface area contributed by atoms with Crippen molar-refractivity contribution in [3.63, 3.8) is 0 Å². The first-order valence-corrected chi connectivity index (χ1v) is 9.76. The Morgan fingerprint density at radius 1 is 1.08 bits per heavy atom. The zero-order valence-electron chi connectivity index (χ0n) is 16.6. The topological polar surface area (TPSA) is 55.8 Å². The zero-order chi connectivity index (χ0) is 19.0. The van der Waals surface area contributed by atoms with Crippen LogP contribution in [0.3, 0.4) is 0 Å². The molecule has 0 radical (unpaired) electrons. The van der Waals surface area contributed by atoms with E-state index in [1.165, 1.54) is 0 Å². The predicted molar refractivity (Wildman–Crippen MR) is 107 cm³/mol. The molecule has 1 rings (SSSR count). The molecule has 1 amide bonds. The highest BCUT2D eigenvalue weighted by Gasteiger charge is 2.35. The van der Waals surface area contributed by atoms with Crippen molar-refractivity contribution in [2.24, 2.45) is 0 Å². The zero-order valence-corrected chi connectivity index (χ0v) is 17.4. The van der Waals surface area contributed by atoms with E-state index in [0.29, 0.717) is 24.9 Å². The second kappa shape index (κ2) is 11.7. The van der Waals surface area contributed by atoms with E-state index in [9.17, 15) is 9.59 Å². The lowest BCUT2D eigenvalue weighted by atomic mass is 10.1. The van der Waals surface area contributed by atoms with Gasteiger partial charge in [0.2, 0.25) is 0 Å². The third kappa shape index (κ3) is 9.97. The van der Waals surface area contributed by atoms with Gasteiger partial charge in [-0.25, -0.2) is 4.79 Å². The minimum absolute atomic E-state index is 0. The third-order valence-corrected chi connectivity index (χ3v) is 4.88. The molecule has 0 unspecified atom stereocenters. The quantitative estimate of drug-likeness (QED) is 0.636. The molecule has 0 spiro atoms. The summed E-state index contributed by atoms with van der Waals surface area (Å²) in [7, 11) is 0. The Hall–Kier alpha value is -0.910. The Labute approximate surface area is 159 Å². The molecule has 0 aromatic carbocycles. The van der Waals surface area contributed by atoms with Crippen LogP contribution in [-0.2, 0) is 14.3 Å². The maximum atomic E-state index is 12.0. The molecule has 150 valence electrons. The third-order valence-electron chi connectivity index (χ3n) is 3.32. The number of carbonyl (C=O) groups is 2. The lowest BCUT2D eigenvalue weighted by Gasteiger charge is -2.35. The first-order chi connectivity index (χ1) is 11.0. The number of piperidine rings is 1. The Morgan fingerprint density at radius 2 is 1.56 bits per heavy atom. The Morgan fingerprint density at radius 3 is 1.96 bits per heavy atom.